The summed E-state index contributed by atoms with van der Waals surface area (Å²) in [6.07, 6.45) is 0.610. The summed E-state index contributed by atoms with van der Waals surface area (Å²) in [5.74, 6) is 0. The first-order valence-electron chi connectivity index (χ1n) is 7.23. The molecule has 0 saturated heterocycles. The van der Waals surface area contributed by atoms with Crippen LogP contribution in [0, 0.1) is 10.1 Å². The topological polar surface area (TPSA) is 98.5 Å². The maximum absolute atomic E-state index is 11.8. The molecule has 1 unspecified atom stereocenters. The molecule has 1 atom stereocenters. The second-order valence-electron chi connectivity index (χ2n) is 5.37. The number of nitrogens with zero attached hydrogens (tertiary/aromatic N) is 1. The van der Waals surface area contributed by atoms with E-state index in [1.54, 1.807) is 25.3 Å². The molecular weight excluding hydrogens is 368 g/mol. The van der Waals surface area contributed by atoms with Gasteiger partial charge in [-0.15, -0.1) is 0 Å². The molecule has 0 aliphatic carbocycles. The quantitative estimate of drug-likeness (QED) is 0.579. The van der Waals surface area contributed by atoms with E-state index in [2.05, 4.69) is 5.32 Å². The second-order valence-corrected chi connectivity index (χ2v) is 7.79. The number of hydrogen-bond donors (Lipinski definition) is 1. The lowest BCUT2D eigenvalue weighted by atomic mass is 10.1. The van der Waals surface area contributed by atoms with Gasteiger partial charge in [-0.3, -0.25) is 10.1 Å². The van der Waals surface area contributed by atoms with E-state index in [9.17, 15) is 18.5 Å². The highest BCUT2D eigenvalue weighted by Crippen LogP contribution is 2.28. The lowest BCUT2D eigenvalue weighted by Crippen LogP contribution is -2.15. The smallest absolute Gasteiger partial charge is 0.288 e. The van der Waals surface area contributed by atoms with Crippen molar-refractivity contribution in [2.75, 3.05) is 25.2 Å². The summed E-state index contributed by atoms with van der Waals surface area (Å²) < 4.78 is 29.0. The summed E-state index contributed by atoms with van der Waals surface area (Å²) in [6, 6.07) is 11.1. The molecule has 1 N–H and O–H groups in total. The van der Waals surface area contributed by atoms with Gasteiger partial charge in [-0.1, -0.05) is 23.7 Å². The van der Waals surface area contributed by atoms with E-state index in [1.807, 2.05) is 6.07 Å². The van der Waals surface area contributed by atoms with E-state index in [0.29, 0.717) is 17.3 Å². The number of nitrogens with one attached hydrogen (secondary N) is 1. The molecule has 2 aromatic rings. The van der Waals surface area contributed by atoms with Crippen LogP contribution in [0.5, 0.6) is 0 Å². The molecule has 7 nitrogen and oxygen atoms in total. The van der Waals surface area contributed by atoms with Crippen molar-refractivity contribution in [1.82, 2.24) is 0 Å². The molecule has 0 aromatic heterocycles. The Kier molecular flexibility index (Phi) is 5.99. The van der Waals surface area contributed by atoms with Gasteiger partial charge in [0.25, 0.3) is 5.69 Å². The molecular formula is C16H17ClN2O5S. The summed E-state index contributed by atoms with van der Waals surface area (Å²) in [5.41, 5.74) is 0.842. The number of ether oxygens (including phenoxy) is 1. The Morgan fingerprint density at radius 1 is 1.28 bits per heavy atom. The Labute approximate surface area is 150 Å². The molecule has 9 heteroatoms. The fraction of sp³-hybridized carbons (Fsp3) is 0.250. The lowest BCUT2D eigenvalue weighted by molar-refractivity contribution is -0.387. The number of hydrogen-bond acceptors (Lipinski definition) is 6. The van der Waals surface area contributed by atoms with E-state index in [0.717, 1.165) is 11.8 Å². The van der Waals surface area contributed by atoms with E-state index in [4.69, 9.17) is 16.3 Å². The van der Waals surface area contributed by atoms with Crippen molar-refractivity contribution in [3.63, 3.8) is 0 Å². The van der Waals surface area contributed by atoms with Crippen LogP contribution in [0.2, 0.25) is 5.02 Å². The number of nitro benzene ring substituents is 1. The SMILES string of the molecule is COC(CNc1ccc([N+](=O)[O-])c(S(C)(=O)=O)c1)c1cccc(Cl)c1. The molecule has 25 heavy (non-hydrogen) atoms. The molecule has 0 fully saturated rings. The van der Waals surface area contributed by atoms with Crippen molar-refractivity contribution in [2.24, 2.45) is 0 Å². The third-order valence-electron chi connectivity index (χ3n) is 3.55. The fourth-order valence-electron chi connectivity index (χ4n) is 2.33. The average Bonchev–Trinajstić information content (AvgIpc) is 2.54. The first kappa shape index (κ1) is 19.2. The van der Waals surface area contributed by atoms with Crippen LogP contribution < -0.4 is 5.32 Å². The third-order valence-corrected chi connectivity index (χ3v) is 4.91. The number of anilines is 1. The predicted molar refractivity (Wildman–Crippen MR) is 95.9 cm³/mol. The van der Waals surface area contributed by atoms with Crippen LogP contribution >= 0.6 is 11.6 Å². The minimum Gasteiger partial charge on any atom is -0.382 e. The zero-order chi connectivity index (χ0) is 18.6. The summed E-state index contributed by atoms with van der Waals surface area (Å²) in [6.45, 7) is 0.331. The number of benzene rings is 2. The number of rotatable bonds is 7. The van der Waals surface area contributed by atoms with Gasteiger partial charge < -0.3 is 10.1 Å². The molecule has 134 valence electrons. The minimum atomic E-state index is -3.73. The van der Waals surface area contributed by atoms with Gasteiger partial charge in [0, 0.05) is 36.7 Å². The van der Waals surface area contributed by atoms with Crippen molar-refractivity contribution in [1.29, 1.82) is 0 Å². The molecule has 2 rings (SSSR count). The standard InChI is InChI=1S/C16H17ClN2O5S/c1-24-15(11-4-3-5-12(17)8-11)10-18-13-6-7-14(19(20)21)16(9-13)25(2,22)23/h3-9,15,18H,10H2,1-2H3. The van der Waals surface area contributed by atoms with E-state index < -0.39 is 20.4 Å². The maximum atomic E-state index is 11.8. The van der Waals surface area contributed by atoms with Crippen molar-refractivity contribution in [2.45, 2.75) is 11.0 Å². The molecule has 0 spiro atoms. The van der Waals surface area contributed by atoms with E-state index in [-0.39, 0.29) is 11.0 Å². The van der Waals surface area contributed by atoms with E-state index >= 15 is 0 Å². The lowest BCUT2D eigenvalue weighted by Gasteiger charge is -2.18. The summed E-state index contributed by atoms with van der Waals surface area (Å²) in [4.78, 5) is 9.95. The van der Waals surface area contributed by atoms with Crippen LogP contribution in [-0.2, 0) is 14.6 Å². The Bertz CT molecular complexity index is 886. The zero-order valence-corrected chi connectivity index (χ0v) is 15.2. The first-order chi connectivity index (χ1) is 11.7. The number of methoxy groups -OCH3 is 1. The molecule has 0 saturated carbocycles. The highest BCUT2D eigenvalue weighted by molar-refractivity contribution is 7.90. The van der Waals surface area contributed by atoms with Gasteiger partial charge >= 0.3 is 0 Å². The molecule has 0 aliphatic heterocycles. The Balaban J connectivity index is 2.24. The van der Waals surface area contributed by atoms with E-state index in [1.165, 1.54) is 18.2 Å². The average molecular weight is 385 g/mol. The van der Waals surface area contributed by atoms with Gasteiger partial charge in [0.2, 0.25) is 0 Å². The summed E-state index contributed by atoms with van der Waals surface area (Å²) in [5, 5.41) is 14.6. The second kappa shape index (κ2) is 7.81. The Morgan fingerprint density at radius 3 is 2.56 bits per heavy atom. The van der Waals surface area contributed by atoms with Crippen LogP contribution in [-0.4, -0.2) is 33.3 Å². The largest absolute Gasteiger partial charge is 0.382 e. The molecule has 0 aliphatic rings. The molecule has 0 radical (unpaired) electrons. The monoisotopic (exact) mass is 384 g/mol. The summed E-state index contributed by atoms with van der Waals surface area (Å²) in [7, 11) is -2.19. The molecule has 2 aromatic carbocycles. The first-order valence-corrected chi connectivity index (χ1v) is 9.50. The number of sulfone groups is 1. The highest BCUT2D eigenvalue weighted by atomic mass is 35.5. The van der Waals surface area contributed by atoms with Gasteiger partial charge in [0.15, 0.2) is 9.84 Å². The van der Waals surface area contributed by atoms with Crippen molar-refractivity contribution >= 4 is 32.8 Å². The van der Waals surface area contributed by atoms with Gasteiger partial charge in [0.1, 0.15) is 4.90 Å². The van der Waals surface area contributed by atoms with Gasteiger partial charge in [-0.05, 0) is 29.8 Å². The number of nitro groups is 1. The van der Waals surface area contributed by atoms with Gasteiger partial charge in [-0.2, -0.15) is 0 Å². The molecule has 0 amide bonds. The van der Waals surface area contributed by atoms with Crippen molar-refractivity contribution in [3.05, 3.63) is 63.2 Å². The Hall–Kier alpha value is -2.16. The van der Waals surface area contributed by atoms with Crippen LogP contribution in [0.25, 0.3) is 0 Å². The Morgan fingerprint density at radius 2 is 2.00 bits per heavy atom. The van der Waals surface area contributed by atoms with Gasteiger partial charge in [-0.25, -0.2) is 8.42 Å². The predicted octanol–water partition coefficient (Wildman–Crippen LogP) is 3.45. The normalized spacial score (nSPS) is 12.6. The van der Waals surface area contributed by atoms with Crippen molar-refractivity contribution in [3.8, 4) is 0 Å². The van der Waals surface area contributed by atoms with Crippen LogP contribution in [0.4, 0.5) is 11.4 Å². The zero-order valence-electron chi connectivity index (χ0n) is 13.6. The fourth-order valence-corrected chi connectivity index (χ4v) is 3.39. The van der Waals surface area contributed by atoms with Gasteiger partial charge in [0.05, 0.1) is 11.0 Å². The van der Waals surface area contributed by atoms with Crippen LogP contribution in [0.1, 0.15) is 11.7 Å². The molecule has 0 bridgehead atoms. The number of halogens is 1. The van der Waals surface area contributed by atoms with Crippen LogP contribution in [0.3, 0.4) is 0 Å². The minimum absolute atomic E-state index is 0.324. The van der Waals surface area contributed by atoms with Crippen LogP contribution in [0.15, 0.2) is 47.4 Å². The summed E-state index contributed by atoms with van der Waals surface area (Å²) >= 11 is 5.97. The third kappa shape index (κ3) is 4.91. The maximum Gasteiger partial charge on any atom is 0.288 e. The van der Waals surface area contributed by atoms with Crippen molar-refractivity contribution < 1.29 is 18.1 Å². The molecule has 0 heterocycles. The highest BCUT2D eigenvalue weighted by Gasteiger charge is 2.22.